The predicted molar refractivity (Wildman–Crippen MR) is 374 cm³/mol. The van der Waals surface area contributed by atoms with E-state index in [1.54, 1.807) is 0 Å². The van der Waals surface area contributed by atoms with Gasteiger partial charge in [0, 0.05) is 69.5 Å². The zero-order chi connectivity index (χ0) is 60.4. The van der Waals surface area contributed by atoms with Crippen LogP contribution in [0.4, 0.5) is 34.1 Å². The summed E-state index contributed by atoms with van der Waals surface area (Å²) >= 11 is 0. The van der Waals surface area contributed by atoms with E-state index in [2.05, 4.69) is 322 Å². The molecule has 0 bridgehead atoms. The Hall–Kier alpha value is -10.9. The van der Waals surface area contributed by atoms with E-state index >= 15 is 0 Å². The molecule has 17 rings (SSSR count). The number of benzene rings is 13. The molecule has 4 heterocycles. The molecule has 0 saturated carbocycles. The van der Waals surface area contributed by atoms with E-state index in [0.717, 1.165) is 128 Å². The molecule has 2 aromatic heterocycles. The van der Waals surface area contributed by atoms with Crippen LogP contribution in [-0.2, 0) is 6.37 Å². The summed E-state index contributed by atoms with van der Waals surface area (Å²) in [5.41, 5.74) is 24.3. The minimum absolute atomic E-state index is 0.309. The third kappa shape index (κ3) is 8.37. The van der Waals surface area contributed by atoms with Crippen molar-refractivity contribution in [1.29, 1.82) is 0 Å². The number of nitrogens with zero attached hydrogens (tertiary/aromatic N) is 4. The van der Waals surface area contributed by atoms with Crippen LogP contribution in [0.15, 0.2) is 303 Å². The summed E-state index contributed by atoms with van der Waals surface area (Å²) in [5, 5.41) is 4.78. The molecule has 88 heavy (non-hydrogen) atoms. The monoisotopic (exact) mass is 1130 g/mol. The minimum atomic E-state index is -1.83. The third-order valence-corrected chi connectivity index (χ3v) is 18.1. The average molecular weight is 1130 g/mol. The maximum atomic E-state index is 10.5. The molecular formula is C83H61BN4. The van der Waals surface area contributed by atoms with Crippen LogP contribution in [0.5, 0.6) is 0 Å². The van der Waals surface area contributed by atoms with Gasteiger partial charge in [0.2, 0.25) is 0 Å². The Labute approximate surface area is 517 Å². The van der Waals surface area contributed by atoms with Crippen LogP contribution in [0.3, 0.4) is 0 Å². The zero-order valence-corrected chi connectivity index (χ0v) is 49.2. The fourth-order valence-electron chi connectivity index (χ4n) is 14.4. The summed E-state index contributed by atoms with van der Waals surface area (Å²) in [6, 6.07) is 110. The highest BCUT2D eigenvalue weighted by molar-refractivity contribution is 7.00. The maximum Gasteiger partial charge on any atom is 0.252 e. The Morgan fingerprint density at radius 1 is 0.307 bits per heavy atom. The summed E-state index contributed by atoms with van der Waals surface area (Å²) < 4.78 is 25.9. The maximum absolute atomic E-state index is 10.5. The number of rotatable bonds is 9. The van der Waals surface area contributed by atoms with Crippen molar-refractivity contribution in [2.24, 2.45) is 5.41 Å². The van der Waals surface area contributed by atoms with Crippen molar-refractivity contribution in [2.45, 2.75) is 27.1 Å². The Bertz CT molecular complexity index is 4910. The average Bonchev–Trinajstić information content (AvgIpc) is 0.812. The highest BCUT2D eigenvalue weighted by atomic mass is 15.2. The summed E-state index contributed by atoms with van der Waals surface area (Å²) in [7, 11) is 0. The van der Waals surface area contributed by atoms with Crippen LogP contribution < -0.4 is 26.2 Å². The first-order valence-corrected chi connectivity index (χ1v) is 30.6. The second kappa shape index (κ2) is 20.4. The van der Waals surface area contributed by atoms with Crippen LogP contribution in [0.25, 0.3) is 99.5 Å². The molecule has 13 aromatic carbocycles. The van der Waals surface area contributed by atoms with E-state index < -0.39 is 11.8 Å². The van der Waals surface area contributed by atoms with E-state index in [0.29, 0.717) is 5.56 Å². The largest absolute Gasteiger partial charge is 0.311 e. The Balaban J connectivity index is 1.04. The molecule has 2 aliphatic rings. The van der Waals surface area contributed by atoms with Gasteiger partial charge in [0.1, 0.15) is 0 Å². The smallest absolute Gasteiger partial charge is 0.252 e. The van der Waals surface area contributed by atoms with Gasteiger partial charge in [0.25, 0.3) is 6.71 Å². The summed E-state index contributed by atoms with van der Waals surface area (Å²) in [6.07, 6.45) is -1.83. The molecule has 0 amide bonds. The first-order chi connectivity index (χ1) is 44.1. The number of fused-ring (bicyclic) bond motifs is 10. The molecule has 0 N–H and O–H groups in total. The second-order valence-electron chi connectivity index (χ2n) is 24.6. The summed E-state index contributed by atoms with van der Waals surface area (Å²) in [6.45, 7) is 5.79. The minimum Gasteiger partial charge on any atom is -0.311 e. The van der Waals surface area contributed by atoms with Crippen molar-refractivity contribution in [3.05, 3.63) is 309 Å². The van der Waals surface area contributed by atoms with Crippen molar-refractivity contribution in [2.75, 3.05) is 9.80 Å². The normalized spacial score (nSPS) is 13.2. The van der Waals surface area contributed by atoms with Gasteiger partial charge in [-0.1, -0.05) is 251 Å². The Morgan fingerprint density at radius 3 is 1.01 bits per heavy atom. The fourth-order valence-corrected chi connectivity index (χ4v) is 14.4. The standard InChI is InChI=1S/C83H61BN4/c1-83(2,3)54-55-48-80-82-81(49-55)88(77-51-61(57-26-10-5-11-27-57)41-45-65(77)59-30-14-7-15-31-59)79-53-63(86-74-38-22-18-34-68(74)69-35-19-23-39-75(69)86)43-47-71(79)84(82)70-46-42-62(85-72-36-20-16-32-66(72)67-33-17-21-37-73(67)85)52-78(70)87(80)76-50-60(56-24-8-4-9-25-56)40-44-64(76)58-28-12-6-13-29-58/h4-53H,54H2,1-3H3/i54D2. The molecule has 0 fully saturated rings. The lowest BCUT2D eigenvalue weighted by Crippen LogP contribution is -2.61. The van der Waals surface area contributed by atoms with Crippen LogP contribution in [-0.4, -0.2) is 15.8 Å². The predicted octanol–water partition coefficient (Wildman–Crippen LogP) is 20.2. The number of anilines is 6. The molecule has 0 saturated heterocycles. The third-order valence-electron chi connectivity index (χ3n) is 18.1. The first kappa shape index (κ1) is 49.4. The van der Waals surface area contributed by atoms with Gasteiger partial charge < -0.3 is 18.9 Å². The molecule has 0 spiro atoms. The van der Waals surface area contributed by atoms with Crippen molar-refractivity contribution < 1.29 is 2.74 Å². The topological polar surface area (TPSA) is 16.3 Å². The molecule has 0 radical (unpaired) electrons. The lowest BCUT2D eigenvalue weighted by molar-refractivity contribution is 0.411. The first-order valence-electron chi connectivity index (χ1n) is 31.6. The SMILES string of the molecule is [2H]C([2H])(c1cc2c3c(c1)N(c1cc(-c4ccccc4)ccc1-c1ccccc1)c1cc(-n4c5ccccc5c5ccccc54)ccc1B3c1ccc(-n3c4ccccc4c4ccccc43)cc1N2c1cc(-c2ccccc2)ccc1-c1ccccc1)C(C)(C)C. The van der Waals surface area contributed by atoms with E-state index in [9.17, 15) is 2.74 Å². The van der Waals surface area contributed by atoms with E-state index in [1.807, 2.05) is 20.8 Å². The van der Waals surface area contributed by atoms with Crippen molar-refractivity contribution >= 4 is 101 Å². The quantitative estimate of drug-likeness (QED) is 0.134. The zero-order valence-electron chi connectivity index (χ0n) is 51.2. The van der Waals surface area contributed by atoms with Crippen molar-refractivity contribution in [3.8, 4) is 55.9 Å². The van der Waals surface area contributed by atoms with Crippen LogP contribution in [0.1, 0.15) is 29.1 Å². The van der Waals surface area contributed by atoms with Gasteiger partial charge in [-0.25, -0.2) is 0 Å². The van der Waals surface area contributed by atoms with Gasteiger partial charge >= 0.3 is 0 Å². The van der Waals surface area contributed by atoms with Gasteiger partial charge in [-0.2, -0.15) is 0 Å². The van der Waals surface area contributed by atoms with Gasteiger partial charge in [0.15, 0.2) is 0 Å². The molecule has 5 heteroatoms. The number of hydrogen-bond acceptors (Lipinski definition) is 2. The van der Waals surface area contributed by atoms with E-state index in [1.165, 1.54) is 21.5 Å². The van der Waals surface area contributed by atoms with Crippen LogP contribution >= 0.6 is 0 Å². The molecule has 4 nitrogen and oxygen atoms in total. The fraction of sp³-hybridized carbons (Fsp3) is 0.0602. The second-order valence-corrected chi connectivity index (χ2v) is 24.6. The molecule has 416 valence electrons. The van der Waals surface area contributed by atoms with Crippen molar-refractivity contribution in [1.82, 2.24) is 9.13 Å². The van der Waals surface area contributed by atoms with Gasteiger partial charge in [-0.15, -0.1) is 0 Å². The highest BCUT2D eigenvalue weighted by Gasteiger charge is 2.45. The summed E-state index contributed by atoms with van der Waals surface area (Å²) in [4.78, 5) is 5.01. The van der Waals surface area contributed by atoms with Crippen LogP contribution in [0, 0.1) is 5.41 Å². The van der Waals surface area contributed by atoms with E-state index in [-0.39, 0.29) is 6.71 Å². The molecule has 2 aliphatic heterocycles. The summed E-state index contributed by atoms with van der Waals surface area (Å²) in [5.74, 6) is 0. The lowest BCUT2D eigenvalue weighted by atomic mass is 9.33. The molecule has 0 aliphatic carbocycles. The molecule has 0 unspecified atom stereocenters. The molecular weight excluding hydrogens is 1060 g/mol. The Kier molecular flexibility index (Phi) is 11.4. The Morgan fingerprint density at radius 2 is 0.648 bits per heavy atom. The molecule has 15 aromatic rings. The number of para-hydroxylation sites is 4. The van der Waals surface area contributed by atoms with E-state index in [4.69, 9.17) is 0 Å². The number of hydrogen-bond donors (Lipinski definition) is 0. The molecule has 0 atom stereocenters. The van der Waals surface area contributed by atoms with Gasteiger partial charge in [-0.3, -0.25) is 0 Å². The lowest BCUT2D eigenvalue weighted by Gasteiger charge is -2.45. The number of aromatic nitrogens is 2. The highest BCUT2D eigenvalue weighted by Crippen LogP contribution is 2.51. The van der Waals surface area contributed by atoms with Gasteiger partial charge in [-0.05, 0) is 140 Å². The van der Waals surface area contributed by atoms with Crippen molar-refractivity contribution in [3.63, 3.8) is 0 Å². The van der Waals surface area contributed by atoms with Crippen LogP contribution in [0.2, 0.25) is 0 Å². The van der Waals surface area contributed by atoms with Gasteiger partial charge in [0.05, 0.1) is 33.4 Å².